The van der Waals surface area contributed by atoms with Crippen LogP contribution in [0.4, 0.5) is 4.79 Å². The maximum Gasteiger partial charge on any atom is 0.342 e. The van der Waals surface area contributed by atoms with E-state index in [0.29, 0.717) is 17.8 Å². The van der Waals surface area contributed by atoms with Crippen LogP contribution in [0.1, 0.15) is 6.92 Å². The van der Waals surface area contributed by atoms with Gasteiger partial charge in [-0.05, 0) is 31.2 Å². The van der Waals surface area contributed by atoms with E-state index in [2.05, 4.69) is 25.4 Å². The van der Waals surface area contributed by atoms with E-state index < -0.39 is 0 Å². The van der Waals surface area contributed by atoms with Gasteiger partial charge in [0.15, 0.2) is 0 Å². The molecule has 1 amide bonds. The van der Waals surface area contributed by atoms with E-state index >= 15 is 0 Å². The average molecular weight is 350 g/mol. The van der Waals surface area contributed by atoms with Crippen molar-refractivity contribution >= 4 is 28.0 Å². The number of rotatable bonds is 4. The third-order valence-corrected chi connectivity index (χ3v) is 4.15. The molecule has 0 unspecified atom stereocenters. The number of ether oxygens (including phenoxy) is 1. The number of pyridine rings is 1. The molecule has 0 aliphatic carbocycles. The Labute approximate surface area is 149 Å². The zero-order chi connectivity index (χ0) is 18.1. The number of benzene rings is 1. The lowest BCUT2D eigenvalue weighted by molar-refractivity contribution is 0.171. The van der Waals surface area contributed by atoms with Crippen molar-refractivity contribution < 1.29 is 9.53 Å². The van der Waals surface area contributed by atoms with E-state index in [9.17, 15) is 4.79 Å². The number of H-pyrrole nitrogens is 1. The van der Waals surface area contributed by atoms with Crippen molar-refractivity contribution in [3.63, 3.8) is 0 Å². The maximum absolute atomic E-state index is 12.8. The van der Waals surface area contributed by atoms with Crippen LogP contribution >= 0.6 is 0 Å². The van der Waals surface area contributed by atoms with Gasteiger partial charge in [-0.2, -0.15) is 9.78 Å². The Morgan fingerprint density at radius 1 is 1.35 bits per heavy atom. The van der Waals surface area contributed by atoms with Gasteiger partial charge in [0.05, 0.1) is 35.5 Å². The molecule has 4 aromatic rings. The van der Waals surface area contributed by atoms with Gasteiger partial charge in [-0.3, -0.25) is 4.98 Å². The third kappa shape index (κ3) is 2.80. The number of carbonyl (C=O) groups excluding carboxylic acids is 1. The minimum atomic E-state index is -0.307. The first-order chi connectivity index (χ1) is 12.7. The molecule has 0 fully saturated rings. The van der Waals surface area contributed by atoms with E-state index in [1.54, 1.807) is 25.8 Å². The molecular weight excluding hydrogens is 332 g/mol. The number of hydrogen-bond acceptors (Lipinski definition) is 5. The molecule has 3 aromatic heterocycles. The van der Waals surface area contributed by atoms with Crippen LogP contribution in [0.25, 0.3) is 33.2 Å². The summed E-state index contributed by atoms with van der Waals surface area (Å²) in [5, 5.41) is 8.32. The third-order valence-electron chi connectivity index (χ3n) is 4.15. The molecule has 0 bridgehead atoms. The molecule has 8 nitrogen and oxygen atoms in total. The van der Waals surface area contributed by atoms with Gasteiger partial charge in [0.25, 0.3) is 0 Å². The van der Waals surface area contributed by atoms with Crippen LogP contribution in [0.2, 0.25) is 0 Å². The fourth-order valence-corrected chi connectivity index (χ4v) is 2.98. The molecule has 1 aromatic carbocycles. The zero-order valence-corrected chi connectivity index (χ0v) is 14.4. The topological polar surface area (TPSA) is 97.7 Å². The van der Waals surface area contributed by atoms with E-state index in [1.807, 2.05) is 31.2 Å². The van der Waals surface area contributed by atoms with Crippen LogP contribution in [0.15, 0.2) is 43.0 Å². The van der Waals surface area contributed by atoms with Gasteiger partial charge in [0.1, 0.15) is 5.69 Å². The molecule has 0 saturated carbocycles. The monoisotopic (exact) mass is 350 g/mol. The first-order valence-corrected chi connectivity index (χ1v) is 8.23. The van der Waals surface area contributed by atoms with Crippen LogP contribution in [0.5, 0.6) is 0 Å². The van der Waals surface area contributed by atoms with E-state index in [4.69, 9.17) is 4.74 Å². The number of nitrogens with one attached hydrogen (secondary N) is 2. The van der Waals surface area contributed by atoms with E-state index in [0.717, 1.165) is 22.0 Å². The normalized spacial score (nSPS) is 12.5. The average Bonchev–Trinajstić information content (AvgIpc) is 3.24. The minimum absolute atomic E-state index is 0.132. The van der Waals surface area contributed by atoms with Crippen LogP contribution < -0.4 is 5.32 Å². The summed E-state index contributed by atoms with van der Waals surface area (Å²) in [5.74, 6) is 0. The van der Waals surface area contributed by atoms with Crippen LogP contribution in [0, 0.1) is 0 Å². The predicted octanol–water partition coefficient (Wildman–Crippen LogP) is 2.57. The number of nitrogens with zero attached hydrogens (tertiary/aromatic N) is 4. The van der Waals surface area contributed by atoms with E-state index in [1.165, 1.54) is 4.68 Å². The van der Waals surface area contributed by atoms with Crippen LogP contribution in [0.3, 0.4) is 0 Å². The second-order valence-corrected chi connectivity index (χ2v) is 6.09. The molecule has 8 heteroatoms. The highest BCUT2D eigenvalue weighted by atomic mass is 16.5. The number of amides is 1. The summed E-state index contributed by atoms with van der Waals surface area (Å²) in [6.45, 7) is 2.30. The molecule has 132 valence electrons. The molecule has 0 aliphatic rings. The quantitative estimate of drug-likeness (QED) is 0.589. The lowest BCUT2D eigenvalue weighted by Gasteiger charge is -2.12. The second-order valence-electron chi connectivity index (χ2n) is 6.09. The van der Waals surface area contributed by atoms with Crippen LogP contribution in [-0.2, 0) is 4.74 Å². The lowest BCUT2D eigenvalue weighted by Crippen LogP contribution is -2.38. The Morgan fingerprint density at radius 3 is 2.92 bits per heavy atom. The van der Waals surface area contributed by atoms with Gasteiger partial charge in [0.2, 0.25) is 0 Å². The number of fused-ring (bicyclic) bond motifs is 2. The van der Waals surface area contributed by atoms with Gasteiger partial charge in [0, 0.05) is 30.5 Å². The highest BCUT2D eigenvalue weighted by Gasteiger charge is 2.19. The zero-order valence-electron chi connectivity index (χ0n) is 14.4. The molecule has 26 heavy (non-hydrogen) atoms. The molecule has 3 heterocycles. The Hall–Kier alpha value is -3.26. The standard InChI is InChI=1S/C18H18N6O2/c1-11(9-26-2)22-18(25)24-16-8-15-14(20-10-21-15)7-13(16)17(23-24)12-3-5-19-6-4-12/h3-8,10-11H,9H2,1-2H3,(H,20,21)(H,22,25)/t11-/m1/s1. The summed E-state index contributed by atoms with van der Waals surface area (Å²) in [5.41, 5.74) is 3.96. The lowest BCUT2D eigenvalue weighted by atomic mass is 10.1. The van der Waals surface area contributed by atoms with Gasteiger partial charge in [-0.15, -0.1) is 0 Å². The summed E-state index contributed by atoms with van der Waals surface area (Å²) < 4.78 is 6.47. The van der Waals surface area contributed by atoms with Gasteiger partial charge < -0.3 is 15.0 Å². The molecule has 2 N–H and O–H groups in total. The highest BCUT2D eigenvalue weighted by molar-refractivity contribution is 6.04. The van der Waals surface area contributed by atoms with Gasteiger partial charge in [-0.25, -0.2) is 9.78 Å². The largest absolute Gasteiger partial charge is 0.383 e. The van der Waals surface area contributed by atoms with Crippen molar-refractivity contribution in [1.82, 2.24) is 30.0 Å². The molecule has 0 saturated heterocycles. The van der Waals surface area contributed by atoms with Crippen molar-refractivity contribution in [3.05, 3.63) is 43.0 Å². The van der Waals surface area contributed by atoms with Crippen molar-refractivity contribution in [2.75, 3.05) is 13.7 Å². The molecule has 0 radical (unpaired) electrons. The van der Waals surface area contributed by atoms with Crippen molar-refractivity contribution in [3.8, 4) is 11.3 Å². The van der Waals surface area contributed by atoms with Crippen LogP contribution in [-0.4, -0.2) is 50.5 Å². The number of aromatic nitrogens is 5. The fraction of sp³-hybridized carbons (Fsp3) is 0.222. The minimum Gasteiger partial charge on any atom is -0.383 e. The molecule has 1 atom stereocenters. The summed E-state index contributed by atoms with van der Waals surface area (Å²) >= 11 is 0. The fourth-order valence-electron chi connectivity index (χ4n) is 2.98. The number of carbonyl (C=O) groups is 1. The maximum atomic E-state index is 12.8. The predicted molar refractivity (Wildman–Crippen MR) is 97.9 cm³/mol. The number of aromatic amines is 1. The summed E-state index contributed by atoms with van der Waals surface area (Å²) in [6.07, 6.45) is 5.04. The number of hydrogen-bond donors (Lipinski definition) is 2. The number of imidazole rings is 1. The second kappa shape index (κ2) is 6.57. The first-order valence-electron chi connectivity index (χ1n) is 8.23. The van der Waals surface area contributed by atoms with E-state index in [-0.39, 0.29) is 12.1 Å². The van der Waals surface area contributed by atoms with Gasteiger partial charge >= 0.3 is 6.03 Å². The summed E-state index contributed by atoms with van der Waals surface area (Å²) in [7, 11) is 1.60. The van der Waals surface area contributed by atoms with Crippen molar-refractivity contribution in [2.24, 2.45) is 0 Å². The first kappa shape index (κ1) is 16.2. The SMILES string of the molecule is COC[C@@H](C)NC(=O)n1nc(-c2ccncc2)c2cc3nc[nH]c3cc21. The Morgan fingerprint density at radius 2 is 2.15 bits per heavy atom. The smallest absolute Gasteiger partial charge is 0.342 e. The Kier molecular flexibility index (Phi) is 4.10. The Bertz CT molecular complexity index is 1070. The van der Waals surface area contributed by atoms with Gasteiger partial charge in [-0.1, -0.05) is 0 Å². The molecular formula is C18H18N6O2. The van der Waals surface area contributed by atoms with Crippen molar-refractivity contribution in [2.45, 2.75) is 13.0 Å². The highest BCUT2D eigenvalue weighted by Crippen LogP contribution is 2.30. The summed E-state index contributed by atoms with van der Waals surface area (Å²) in [6, 6.07) is 7.12. The summed E-state index contributed by atoms with van der Waals surface area (Å²) in [4.78, 5) is 24.2. The van der Waals surface area contributed by atoms with Crippen molar-refractivity contribution in [1.29, 1.82) is 0 Å². The molecule has 0 spiro atoms. The Balaban J connectivity index is 1.88. The number of methoxy groups -OCH3 is 1. The molecule has 0 aliphatic heterocycles. The molecule has 4 rings (SSSR count).